The molecule has 1 aromatic rings. The van der Waals surface area contributed by atoms with Gasteiger partial charge in [0.1, 0.15) is 0 Å². The minimum Gasteiger partial charge on any atom is -0.381 e. The predicted octanol–water partition coefficient (Wildman–Crippen LogP) is 2.50. The van der Waals surface area contributed by atoms with E-state index in [1.165, 1.54) is 17.7 Å². The highest BCUT2D eigenvalue weighted by atomic mass is 32.1. The number of hydrogen-bond donors (Lipinski definition) is 1. The molecule has 0 radical (unpaired) electrons. The standard InChI is InChI=1S/C18H26N2O2S/c21-17(19-10-14-3-4-14)16-12-20(11-15-2-1-9-23-15)13-18(16)5-7-22-8-6-18/h1-2,9,14,16H,3-8,10-13H2,(H,19,21)/t16-/m0/s1. The molecular formula is C18H26N2O2S. The van der Waals surface area contributed by atoms with Gasteiger partial charge < -0.3 is 10.1 Å². The van der Waals surface area contributed by atoms with E-state index in [9.17, 15) is 4.79 Å². The van der Waals surface area contributed by atoms with E-state index in [2.05, 4.69) is 27.7 Å². The van der Waals surface area contributed by atoms with Crippen LogP contribution in [0.3, 0.4) is 0 Å². The van der Waals surface area contributed by atoms with Gasteiger partial charge in [-0.05, 0) is 43.0 Å². The number of nitrogens with one attached hydrogen (secondary N) is 1. The summed E-state index contributed by atoms with van der Waals surface area (Å²) in [5.74, 6) is 1.16. The Morgan fingerprint density at radius 1 is 1.39 bits per heavy atom. The summed E-state index contributed by atoms with van der Waals surface area (Å²) in [6, 6.07) is 4.31. The van der Waals surface area contributed by atoms with E-state index in [0.717, 1.165) is 58.2 Å². The average molecular weight is 334 g/mol. The Bertz CT molecular complexity index is 535. The Kier molecular flexibility index (Phi) is 4.43. The third-order valence-electron chi connectivity index (χ3n) is 5.74. The van der Waals surface area contributed by atoms with E-state index in [1.54, 1.807) is 0 Å². The SMILES string of the molecule is O=C(NCC1CC1)[C@@H]1CN(Cc2cccs2)CC12CCOCC2. The Morgan fingerprint density at radius 3 is 2.91 bits per heavy atom. The Hall–Kier alpha value is -0.910. The van der Waals surface area contributed by atoms with Gasteiger partial charge in [-0.25, -0.2) is 0 Å². The van der Waals surface area contributed by atoms with E-state index >= 15 is 0 Å². The van der Waals surface area contributed by atoms with Gasteiger partial charge in [0, 0.05) is 49.7 Å². The number of rotatable bonds is 5. The van der Waals surface area contributed by atoms with Gasteiger partial charge in [-0.3, -0.25) is 9.69 Å². The lowest BCUT2D eigenvalue weighted by molar-refractivity contribution is -0.129. The number of ether oxygens (including phenoxy) is 1. The highest BCUT2D eigenvalue weighted by Crippen LogP contribution is 2.45. The average Bonchev–Trinajstić information content (AvgIpc) is 3.14. The number of thiophene rings is 1. The van der Waals surface area contributed by atoms with Gasteiger partial charge in [-0.1, -0.05) is 6.07 Å². The van der Waals surface area contributed by atoms with Crippen molar-refractivity contribution in [1.29, 1.82) is 0 Å². The van der Waals surface area contributed by atoms with Crippen molar-refractivity contribution in [3.05, 3.63) is 22.4 Å². The molecular weight excluding hydrogens is 308 g/mol. The smallest absolute Gasteiger partial charge is 0.225 e. The highest BCUT2D eigenvalue weighted by Gasteiger charge is 2.50. The van der Waals surface area contributed by atoms with Crippen molar-refractivity contribution in [3.63, 3.8) is 0 Å². The summed E-state index contributed by atoms with van der Waals surface area (Å²) < 4.78 is 5.59. The zero-order valence-electron chi connectivity index (χ0n) is 13.6. The van der Waals surface area contributed by atoms with Crippen molar-refractivity contribution >= 4 is 17.2 Å². The molecule has 2 aliphatic heterocycles. The zero-order valence-corrected chi connectivity index (χ0v) is 14.4. The quantitative estimate of drug-likeness (QED) is 0.899. The first-order valence-electron chi connectivity index (χ1n) is 8.85. The zero-order chi connectivity index (χ0) is 15.7. The molecule has 4 nitrogen and oxygen atoms in total. The van der Waals surface area contributed by atoms with E-state index in [1.807, 2.05) is 11.3 Å². The molecule has 0 bridgehead atoms. The van der Waals surface area contributed by atoms with Crippen molar-refractivity contribution in [3.8, 4) is 0 Å². The molecule has 1 saturated carbocycles. The molecule has 3 fully saturated rings. The monoisotopic (exact) mass is 334 g/mol. The van der Waals surface area contributed by atoms with Crippen LogP contribution in [0.2, 0.25) is 0 Å². The number of carbonyl (C=O) groups excluding carboxylic acids is 1. The predicted molar refractivity (Wildman–Crippen MR) is 91.3 cm³/mol. The van der Waals surface area contributed by atoms with Gasteiger partial charge in [0.15, 0.2) is 0 Å². The maximum atomic E-state index is 12.8. The van der Waals surface area contributed by atoms with E-state index in [4.69, 9.17) is 4.74 Å². The van der Waals surface area contributed by atoms with Crippen LogP contribution in [0.15, 0.2) is 17.5 Å². The molecule has 0 unspecified atom stereocenters. The van der Waals surface area contributed by atoms with E-state index < -0.39 is 0 Å². The maximum absolute atomic E-state index is 12.8. The molecule has 0 aromatic carbocycles. The van der Waals surface area contributed by atoms with E-state index in [0.29, 0.717) is 0 Å². The molecule has 23 heavy (non-hydrogen) atoms. The number of likely N-dealkylation sites (tertiary alicyclic amines) is 1. The fourth-order valence-corrected chi connectivity index (χ4v) is 4.90. The van der Waals surface area contributed by atoms with Gasteiger partial charge in [-0.2, -0.15) is 0 Å². The molecule has 1 atom stereocenters. The number of carbonyl (C=O) groups is 1. The summed E-state index contributed by atoms with van der Waals surface area (Å²) in [7, 11) is 0. The van der Waals surface area contributed by atoms with Crippen molar-refractivity contribution in [1.82, 2.24) is 10.2 Å². The van der Waals surface area contributed by atoms with Crippen LogP contribution in [-0.2, 0) is 16.1 Å². The van der Waals surface area contributed by atoms with Crippen molar-refractivity contribution in [2.24, 2.45) is 17.3 Å². The Labute approximate surface area is 142 Å². The van der Waals surface area contributed by atoms with Gasteiger partial charge in [-0.15, -0.1) is 11.3 Å². The molecule has 1 spiro atoms. The number of hydrogen-bond acceptors (Lipinski definition) is 4. The van der Waals surface area contributed by atoms with Crippen LogP contribution in [0, 0.1) is 17.3 Å². The minimum atomic E-state index is 0.128. The Morgan fingerprint density at radius 2 is 2.22 bits per heavy atom. The second-order valence-corrected chi connectivity index (χ2v) is 8.50. The topological polar surface area (TPSA) is 41.6 Å². The van der Waals surface area contributed by atoms with Gasteiger partial charge in [0.05, 0.1) is 5.92 Å². The fourth-order valence-electron chi connectivity index (χ4n) is 4.15. The summed E-state index contributed by atoms with van der Waals surface area (Å²) in [6.45, 7) is 5.40. The van der Waals surface area contributed by atoms with Gasteiger partial charge in [0.2, 0.25) is 5.91 Å². The van der Waals surface area contributed by atoms with Crippen LogP contribution in [0.1, 0.15) is 30.6 Å². The summed E-state index contributed by atoms with van der Waals surface area (Å²) in [5.41, 5.74) is 0.128. The van der Waals surface area contributed by atoms with Gasteiger partial charge >= 0.3 is 0 Å². The summed E-state index contributed by atoms with van der Waals surface area (Å²) in [6.07, 6.45) is 4.62. The molecule has 126 valence electrons. The third-order valence-corrected chi connectivity index (χ3v) is 6.61. The first-order chi connectivity index (χ1) is 11.3. The number of amides is 1. The van der Waals surface area contributed by atoms with Gasteiger partial charge in [0.25, 0.3) is 0 Å². The molecule has 1 amide bonds. The Balaban J connectivity index is 1.45. The lowest BCUT2D eigenvalue weighted by Gasteiger charge is -2.37. The summed E-state index contributed by atoms with van der Waals surface area (Å²) in [4.78, 5) is 16.7. The van der Waals surface area contributed by atoms with Crippen LogP contribution < -0.4 is 5.32 Å². The first kappa shape index (κ1) is 15.6. The van der Waals surface area contributed by atoms with Crippen molar-refractivity contribution < 1.29 is 9.53 Å². The molecule has 1 N–H and O–H groups in total. The maximum Gasteiger partial charge on any atom is 0.225 e. The van der Waals surface area contributed by atoms with Crippen LogP contribution in [-0.4, -0.2) is 43.7 Å². The molecule has 1 aromatic heterocycles. The normalized spacial score (nSPS) is 27.4. The third kappa shape index (κ3) is 3.47. The fraction of sp³-hybridized carbons (Fsp3) is 0.722. The second kappa shape index (κ2) is 6.54. The molecule has 3 heterocycles. The summed E-state index contributed by atoms with van der Waals surface area (Å²) in [5, 5.41) is 5.37. The van der Waals surface area contributed by atoms with Crippen LogP contribution in [0.25, 0.3) is 0 Å². The molecule has 3 aliphatic rings. The molecule has 4 rings (SSSR count). The first-order valence-corrected chi connectivity index (χ1v) is 9.73. The number of nitrogens with zero attached hydrogens (tertiary/aromatic N) is 1. The largest absolute Gasteiger partial charge is 0.381 e. The lowest BCUT2D eigenvalue weighted by atomic mass is 9.71. The van der Waals surface area contributed by atoms with Crippen molar-refractivity contribution in [2.45, 2.75) is 32.2 Å². The van der Waals surface area contributed by atoms with Crippen LogP contribution in [0.5, 0.6) is 0 Å². The lowest BCUT2D eigenvalue weighted by Crippen LogP contribution is -2.44. The molecule has 1 aliphatic carbocycles. The summed E-state index contributed by atoms with van der Waals surface area (Å²) >= 11 is 1.81. The second-order valence-electron chi connectivity index (χ2n) is 7.46. The minimum absolute atomic E-state index is 0.128. The molecule has 5 heteroatoms. The van der Waals surface area contributed by atoms with Crippen LogP contribution >= 0.6 is 11.3 Å². The van der Waals surface area contributed by atoms with E-state index in [-0.39, 0.29) is 17.2 Å². The van der Waals surface area contributed by atoms with Crippen molar-refractivity contribution in [2.75, 3.05) is 32.8 Å². The van der Waals surface area contributed by atoms with Crippen LogP contribution in [0.4, 0.5) is 0 Å². The molecule has 2 saturated heterocycles. The highest BCUT2D eigenvalue weighted by molar-refractivity contribution is 7.09.